The summed E-state index contributed by atoms with van der Waals surface area (Å²) in [5, 5.41) is 15.8. The standard InChI is InChI=1S/C15H28N4O/c1-6-16-13-12(11(2)3)14(19-10-18-13)17-9-15(4,5)7-8-20/h10-11,20H,6-9H2,1-5H3,(H2,16,17,18,19). The molecule has 5 nitrogen and oxygen atoms in total. The molecular formula is C15H28N4O. The van der Waals surface area contributed by atoms with Crippen molar-refractivity contribution in [2.75, 3.05) is 30.3 Å². The monoisotopic (exact) mass is 280 g/mol. The number of aliphatic hydroxyl groups is 1. The van der Waals surface area contributed by atoms with E-state index in [4.69, 9.17) is 5.11 Å². The SMILES string of the molecule is CCNc1ncnc(NCC(C)(C)CCO)c1C(C)C. The number of hydrogen-bond donors (Lipinski definition) is 3. The molecule has 20 heavy (non-hydrogen) atoms. The van der Waals surface area contributed by atoms with Crippen molar-refractivity contribution in [2.45, 2.75) is 47.0 Å². The van der Waals surface area contributed by atoms with Gasteiger partial charge in [0.05, 0.1) is 0 Å². The molecule has 0 bridgehead atoms. The molecule has 0 aliphatic carbocycles. The van der Waals surface area contributed by atoms with Crippen LogP contribution in [-0.2, 0) is 0 Å². The lowest BCUT2D eigenvalue weighted by atomic mass is 9.89. The van der Waals surface area contributed by atoms with Crippen LogP contribution >= 0.6 is 0 Å². The van der Waals surface area contributed by atoms with E-state index in [0.717, 1.165) is 36.7 Å². The molecule has 5 heteroatoms. The van der Waals surface area contributed by atoms with Gasteiger partial charge in [0, 0.05) is 25.3 Å². The van der Waals surface area contributed by atoms with Crippen LogP contribution in [0.4, 0.5) is 11.6 Å². The zero-order valence-electron chi connectivity index (χ0n) is 13.3. The van der Waals surface area contributed by atoms with E-state index in [-0.39, 0.29) is 12.0 Å². The van der Waals surface area contributed by atoms with Crippen LogP contribution in [0.25, 0.3) is 0 Å². The summed E-state index contributed by atoms with van der Waals surface area (Å²) in [6, 6.07) is 0. The first-order chi connectivity index (χ1) is 9.41. The van der Waals surface area contributed by atoms with Crippen molar-refractivity contribution >= 4 is 11.6 Å². The van der Waals surface area contributed by atoms with Crippen LogP contribution in [-0.4, -0.2) is 34.8 Å². The van der Waals surface area contributed by atoms with Gasteiger partial charge >= 0.3 is 0 Å². The molecule has 0 aromatic carbocycles. The molecule has 0 aliphatic rings. The van der Waals surface area contributed by atoms with E-state index in [2.05, 4.69) is 55.2 Å². The largest absolute Gasteiger partial charge is 0.396 e. The minimum absolute atomic E-state index is 0.0340. The molecule has 0 spiro atoms. The summed E-state index contributed by atoms with van der Waals surface area (Å²) in [6.45, 7) is 12.4. The molecular weight excluding hydrogens is 252 g/mol. The maximum atomic E-state index is 9.09. The number of nitrogens with one attached hydrogen (secondary N) is 2. The van der Waals surface area contributed by atoms with Gasteiger partial charge in [0.15, 0.2) is 0 Å². The van der Waals surface area contributed by atoms with Crippen molar-refractivity contribution in [1.82, 2.24) is 9.97 Å². The molecule has 1 aromatic rings. The molecule has 0 saturated carbocycles. The van der Waals surface area contributed by atoms with Gasteiger partial charge in [-0.15, -0.1) is 0 Å². The Morgan fingerprint density at radius 3 is 2.30 bits per heavy atom. The van der Waals surface area contributed by atoms with E-state index in [0.29, 0.717) is 5.92 Å². The van der Waals surface area contributed by atoms with Gasteiger partial charge < -0.3 is 15.7 Å². The quantitative estimate of drug-likeness (QED) is 0.683. The van der Waals surface area contributed by atoms with Gasteiger partial charge in [-0.1, -0.05) is 27.7 Å². The number of rotatable bonds is 8. The normalized spacial score (nSPS) is 11.8. The molecule has 1 aromatic heterocycles. The lowest BCUT2D eigenvalue weighted by molar-refractivity contribution is 0.220. The van der Waals surface area contributed by atoms with Crippen LogP contribution in [0.15, 0.2) is 6.33 Å². The van der Waals surface area contributed by atoms with Crippen LogP contribution < -0.4 is 10.6 Å². The van der Waals surface area contributed by atoms with Crippen molar-refractivity contribution in [3.8, 4) is 0 Å². The Labute approximate surface area is 122 Å². The van der Waals surface area contributed by atoms with Gasteiger partial charge in [-0.2, -0.15) is 0 Å². The van der Waals surface area contributed by atoms with E-state index in [1.54, 1.807) is 6.33 Å². The molecule has 114 valence electrons. The minimum Gasteiger partial charge on any atom is -0.396 e. The van der Waals surface area contributed by atoms with Crippen molar-refractivity contribution in [3.05, 3.63) is 11.9 Å². The summed E-state index contributed by atoms with van der Waals surface area (Å²) in [7, 11) is 0. The summed E-state index contributed by atoms with van der Waals surface area (Å²) in [4.78, 5) is 8.71. The van der Waals surface area contributed by atoms with Gasteiger partial charge in [-0.25, -0.2) is 9.97 Å². The predicted octanol–water partition coefficient (Wildman–Crippen LogP) is 2.85. The Kier molecular flexibility index (Phi) is 6.20. The van der Waals surface area contributed by atoms with Gasteiger partial charge in [-0.05, 0) is 24.7 Å². The van der Waals surface area contributed by atoms with E-state index in [9.17, 15) is 0 Å². The van der Waals surface area contributed by atoms with Crippen LogP contribution in [0.5, 0.6) is 0 Å². The Hall–Kier alpha value is -1.36. The van der Waals surface area contributed by atoms with E-state index in [1.165, 1.54) is 0 Å². The summed E-state index contributed by atoms with van der Waals surface area (Å²) in [5.41, 5.74) is 1.15. The topological polar surface area (TPSA) is 70.1 Å². The molecule has 0 amide bonds. The lowest BCUT2D eigenvalue weighted by Gasteiger charge is -2.25. The third kappa shape index (κ3) is 4.63. The molecule has 0 radical (unpaired) electrons. The molecule has 1 heterocycles. The summed E-state index contributed by atoms with van der Waals surface area (Å²) >= 11 is 0. The average Bonchev–Trinajstić information content (AvgIpc) is 2.36. The molecule has 1 rings (SSSR count). The first-order valence-electron chi connectivity index (χ1n) is 7.34. The molecule has 0 atom stereocenters. The third-order valence-corrected chi connectivity index (χ3v) is 3.33. The van der Waals surface area contributed by atoms with E-state index in [1.807, 2.05) is 0 Å². The maximum absolute atomic E-state index is 9.09. The zero-order chi connectivity index (χ0) is 15.2. The van der Waals surface area contributed by atoms with Gasteiger partial charge in [0.2, 0.25) is 0 Å². The highest BCUT2D eigenvalue weighted by atomic mass is 16.3. The number of anilines is 2. The Morgan fingerprint density at radius 2 is 1.80 bits per heavy atom. The minimum atomic E-state index is 0.0340. The van der Waals surface area contributed by atoms with Crippen molar-refractivity contribution in [1.29, 1.82) is 0 Å². The summed E-state index contributed by atoms with van der Waals surface area (Å²) in [6.07, 6.45) is 2.35. The average molecular weight is 280 g/mol. The highest BCUT2D eigenvalue weighted by Crippen LogP contribution is 2.29. The van der Waals surface area contributed by atoms with Crippen LogP contribution in [0, 0.1) is 5.41 Å². The summed E-state index contributed by atoms with van der Waals surface area (Å²) in [5.74, 6) is 2.13. The second-order valence-electron chi connectivity index (χ2n) is 6.16. The van der Waals surface area contributed by atoms with Crippen LogP contribution in [0.1, 0.15) is 52.5 Å². The Balaban J connectivity index is 2.91. The second-order valence-corrected chi connectivity index (χ2v) is 6.16. The first kappa shape index (κ1) is 16.7. The molecule has 0 fully saturated rings. The van der Waals surface area contributed by atoms with E-state index < -0.39 is 0 Å². The number of aliphatic hydroxyl groups excluding tert-OH is 1. The van der Waals surface area contributed by atoms with Crippen molar-refractivity contribution in [3.63, 3.8) is 0 Å². The lowest BCUT2D eigenvalue weighted by Crippen LogP contribution is -2.25. The van der Waals surface area contributed by atoms with Crippen molar-refractivity contribution in [2.24, 2.45) is 5.41 Å². The molecule has 3 N–H and O–H groups in total. The van der Waals surface area contributed by atoms with Crippen LogP contribution in [0.2, 0.25) is 0 Å². The third-order valence-electron chi connectivity index (χ3n) is 3.33. The maximum Gasteiger partial charge on any atom is 0.135 e. The van der Waals surface area contributed by atoms with Gasteiger partial charge in [-0.3, -0.25) is 0 Å². The zero-order valence-corrected chi connectivity index (χ0v) is 13.3. The fourth-order valence-corrected chi connectivity index (χ4v) is 2.11. The van der Waals surface area contributed by atoms with Gasteiger partial charge in [0.25, 0.3) is 0 Å². The van der Waals surface area contributed by atoms with Crippen molar-refractivity contribution < 1.29 is 5.11 Å². The predicted molar refractivity (Wildman–Crippen MR) is 84.3 cm³/mol. The Bertz CT molecular complexity index is 418. The highest BCUT2D eigenvalue weighted by molar-refractivity contribution is 5.59. The highest BCUT2D eigenvalue weighted by Gasteiger charge is 2.20. The number of hydrogen-bond acceptors (Lipinski definition) is 5. The second kappa shape index (κ2) is 7.43. The number of aromatic nitrogens is 2. The molecule has 0 saturated heterocycles. The fraction of sp³-hybridized carbons (Fsp3) is 0.733. The molecule has 0 unspecified atom stereocenters. The first-order valence-corrected chi connectivity index (χ1v) is 7.34. The fourth-order valence-electron chi connectivity index (χ4n) is 2.11. The van der Waals surface area contributed by atoms with Gasteiger partial charge in [0.1, 0.15) is 18.0 Å². The molecule has 0 aliphatic heterocycles. The Morgan fingerprint density at radius 1 is 1.20 bits per heavy atom. The van der Waals surface area contributed by atoms with Crippen LogP contribution in [0.3, 0.4) is 0 Å². The summed E-state index contributed by atoms with van der Waals surface area (Å²) < 4.78 is 0. The number of nitrogens with zero attached hydrogens (tertiary/aromatic N) is 2. The smallest absolute Gasteiger partial charge is 0.135 e. The van der Waals surface area contributed by atoms with E-state index >= 15 is 0 Å².